The molecule has 2 unspecified atom stereocenters. The number of oxazole rings is 1. The van der Waals surface area contributed by atoms with Gasteiger partial charge in [0.1, 0.15) is 11.6 Å². The van der Waals surface area contributed by atoms with Gasteiger partial charge in [0.05, 0.1) is 39.6 Å². The van der Waals surface area contributed by atoms with Gasteiger partial charge in [-0.15, -0.1) is 11.3 Å². The van der Waals surface area contributed by atoms with E-state index < -0.39 is 0 Å². The summed E-state index contributed by atoms with van der Waals surface area (Å²) >= 11 is 1.29. The van der Waals surface area contributed by atoms with Gasteiger partial charge >= 0.3 is 0 Å². The van der Waals surface area contributed by atoms with Crippen molar-refractivity contribution in [3.05, 3.63) is 65.0 Å². The summed E-state index contributed by atoms with van der Waals surface area (Å²) in [6.07, 6.45) is 6.26. The van der Waals surface area contributed by atoms with E-state index in [2.05, 4.69) is 42.5 Å². The molecule has 2 amide bonds. The Morgan fingerprint density at radius 1 is 1.21 bits per heavy atom. The Hall–Kier alpha value is -4.31. The van der Waals surface area contributed by atoms with Crippen LogP contribution in [0.4, 0.5) is 5.95 Å². The largest absolute Gasteiger partial charge is 0.443 e. The fourth-order valence-corrected chi connectivity index (χ4v) is 6.63. The normalized spacial score (nSPS) is 16.4. The first-order chi connectivity index (χ1) is 22.3. The highest BCUT2D eigenvalue weighted by Crippen LogP contribution is 2.31. The van der Waals surface area contributed by atoms with E-state index in [0.29, 0.717) is 41.7 Å². The van der Waals surface area contributed by atoms with Crippen LogP contribution in [0.1, 0.15) is 69.6 Å². The summed E-state index contributed by atoms with van der Waals surface area (Å²) in [5, 5.41) is 26.2. The molecule has 3 N–H and O–H groups in total. The summed E-state index contributed by atoms with van der Waals surface area (Å²) in [6.45, 7) is 13.6. The molecular formula is C35H43N7O4S. The minimum Gasteiger partial charge on any atom is -0.443 e. The smallest absolute Gasteiger partial charge is 0.268 e. The lowest BCUT2D eigenvalue weighted by atomic mass is 9.87. The van der Waals surface area contributed by atoms with Crippen molar-refractivity contribution >= 4 is 40.1 Å². The van der Waals surface area contributed by atoms with Crippen LogP contribution >= 0.6 is 11.3 Å². The fraction of sp³-hybridized carbons (Fsp3) is 0.457. The molecular weight excluding hydrogens is 614 g/mol. The number of nitriles is 1. The number of carbonyl (C=O) groups is 2. The van der Waals surface area contributed by atoms with Gasteiger partial charge in [0.25, 0.3) is 11.8 Å². The predicted octanol–water partition coefficient (Wildman–Crippen LogP) is 5.99. The van der Waals surface area contributed by atoms with Gasteiger partial charge in [-0.25, -0.2) is 9.97 Å². The van der Waals surface area contributed by atoms with Crippen molar-refractivity contribution in [3.8, 4) is 16.7 Å². The van der Waals surface area contributed by atoms with Gasteiger partial charge in [-0.05, 0) is 53.5 Å². The molecule has 0 bridgehead atoms. The van der Waals surface area contributed by atoms with Crippen LogP contribution in [0, 0.1) is 22.2 Å². The molecule has 11 nitrogen and oxygen atoms in total. The zero-order valence-electron chi connectivity index (χ0n) is 27.8. The number of hydrogen-bond donors (Lipinski definition) is 3. The second-order valence-corrected chi connectivity index (χ2v) is 15.2. The molecule has 1 fully saturated rings. The number of hydrogen-bond acceptors (Lipinski definition) is 9. The van der Waals surface area contributed by atoms with E-state index >= 15 is 0 Å². The number of likely N-dealkylation sites (tertiary alicyclic amines) is 1. The molecule has 12 heteroatoms. The molecule has 2 atom stereocenters. The fourth-order valence-electron chi connectivity index (χ4n) is 5.78. The minimum atomic E-state index is -0.320. The maximum absolute atomic E-state index is 13.6. The number of aliphatic hydroxyl groups is 1. The number of anilines is 1. The van der Waals surface area contributed by atoms with Crippen LogP contribution in [0.3, 0.4) is 0 Å². The number of rotatable bonds is 10. The summed E-state index contributed by atoms with van der Waals surface area (Å²) in [4.78, 5) is 39.0. The van der Waals surface area contributed by atoms with Gasteiger partial charge in [0, 0.05) is 25.7 Å². The number of nitrogens with zero attached hydrogens (tertiary/aromatic N) is 5. The SMILES string of the molecule is CC(C)(C)C=C(C#N)C(=O)N1CCCC1Cn1c(NC(=O)c2ccc(-c3cnco3)s2)nc2cc(CNC(CO)C(C)(C)C)ccc21. The van der Waals surface area contributed by atoms with E-state index in [-0.39, 0.29) is 46.9 Å². The molecule has 248 valence electrons. The summed E-state index contributed by atoms with van der Waals surface area (Å²) in [5.41, 5.74) is 2.21. The number of imidazole rings is 1. The number of allylic oxidation sites excluding steroid dienone is 1. The Bertz CT molecular complexity index is 1800. The molecule has 1 aromatic carbocycles. The summed E-state index contributed by atoms with van der Waals surface area (Å²) in [7, 11) is 0. The number of aliphatic hydroxyl groups excluding tert-OH is 1. The molecule has 0 saturated carbocycles. The van der Waals surface area contributed by atoms with Crippen LogP contribution in [0.25, 0.3) is 21.7 Å². The number of aromatic nitrogens is 3. The molecule has 1 saturated heterocycles. The third-order valence-electron chi connectivity index (χ3n) is 8.28. The molecule has 4 heterocycles. The topological polar surface area (TPSA) is 149 Å². The number of benzene rings is 1. The van der Waals surface area contributed by atoms with Crippen molar-refractivity contribution in [1.82, 2.24) is 24.8 Å². The first-order valence-electron chi connectivity index (χ1n) is 15.8. The average molecular weight is 658 g/mol. The Balaban J connectivity index is 1.46. The quantitative estimate of drug-likeness (QED) is 0.139. The van der Waals surface area contributed by atoms with Crippen molar-refractivity contribution in [2.45, 2.75) is 79.6 Å². The highest BCUT2D eigenvalue weighted by molar-refractivity contribution is 7.17. The first kappa shape index (κ1) is 34.0. The van der Waals surface area contributed by atoms with Crippen molar-refractivity contribution in [3.63, 3.8) is 0 Å². The highest BCUT2D eigenvalue weighted by Gasteiger charge is 2.33. The number of thiophene rings is 1. The number of carbonyl (C=O) groups excluding carboxylic acids is 2. The van der Waals surface area contributed by atoms with Gasteiger partial charge in [-0.3, -0.25) is 14.9 Å². The Labute approximate surface area is 279 Å². The molecule has 0 radical (unpaired) electrons. The van der Waals surface area contributed by atoms with E-state index in [4.69, 9.17) is 9.40 Å². The third-order valence-corrected chi connectivity index (χ3v) is 9.38. The maximum atomic E-state index is 13.6. The molecule has 47 heavy (non-hydrogen) atoms. The molecule has 1 aliphatic heterocycles. The molecule has 3 aromatic heterocycles. The molecule has 5 rings (SSSR count). The highest BCUT2D eigenvalue weighted by atomic mass is 32.1. The summed E-state index contributed by atoms with van der Waals surface area (Å²) in [6, 6.07) is 11.4. The van der Waals surface area contributed by atoms with Gasteiger partial charge in [-0.2, -0.15) is 5.26 Å². The van der Waals surface area contributed by atoms with E-state index in [0.717, 1.165) is 28.8 Å². The Kier molecular flexibility index (Phi) is 10.0. The monoisotopic (exact) mass is 657 g/mol. The lowest BCUT2D eigenvalue weighted by Crippen LogP contribution is -2.42. The van der Waals surface area contributed by atoms with E-state index in [1.165, 1.54) is 17.7 Å². The number of nitrogens with one attached hydrogen (secondary N) is 2. The predicted molar refractivity (Wildman–Crippen MR) is 183 cm³/mol. The van der Waals surface area contributed by atoms with Crippen LogP contribution in [-0.2, 0) is 17.9 Å². The Morgan fingerprint density at radius 3 is 2.66 bits per heavy atom. The van der Waals surface area contributed by atoms with Crippen molar-refractivity contribution in [2.75, 3.05) is 18.5 Å². The summed E-state index contributed by atoms with van der Waals surface area (Å²) < 4.78 is 7.35. The van der Waals surface area contributed by atoms with Crippen molar-refractivity contribution < 1.29 is 19.1 Å². The zero-order valence-corrected chi connectivity index (χ0v) is 28.6. The van der Waals surface area contributed by atoms with Crippen LogP contribution in [-0.4, -0.2) is 61.6 Å². The minimum absolute atomic E-state index is 0.0203. The summed E-state index contributed by atoms with van der Waals surface area (Å²) in [5.74, 6) is 0.372. The van der Waals surface area contributed by atoms with Crippen LogP contribution in [0.2, 0.25) is 0 Å². The maximum Gasteiger partial charge on any atom is 0.268 e. The first-order valence-corrected chi connectivity index (χ1v) is 16.7. The van der Waals surface area contributed by atoms with E-state index in [9.17, 15) is 20.0 Å². The van der Waals surface area contributed by atoms with E-state index in [1.54, 1.807) is 23.2 Å². The number of amides is 2. The lowest BCUT2D eigenvalue weighted by molar-refractivity contribution is -0.127. The van der Waals surface area contributed by atoms with Crippen molar-refractivity contribution in [1.29, 1.82) is 5.26 Å². The molecule has 0 spiro atoms. The molecule has 4 aromatic rings. The zero-order chi connectivity index (χ0) is 33.9. The van der Waals surface area contributed by atoms with Gasteiger partial charge in [0.15, 0.2) is 12.2 Å². The number of fused-ring (bicyclic) bond motifs is 1. The average Bonchev–Trinajstić information content (AvgIpc) is 3.82. The van der Waals surface area contributed by atoms with Gasteiger partial charge in [0.2, 0.25) is 5.95 Å². The third kappa shape index (κ3) is 7.99. The second-order valence-electron chi connectivity index (χ2n) is 14.2. The Morgan fingerprint density at radius 2 is 2.00 bits per heavy atom. The standard InChI is InChI=1S/C35H43N7O4S/c1-34(2,3)15-23(16-36)32(45)41-13-7-8-24(41)19-42-26-10-9-22(17-38-30(20-43)35(4,5)6)14-25(26)39-33(42)40-31(44)29-12-11-28(47-29)27-18-37-21-46-27/h9-12,14-15,18,21,24,30,38,43H,7-8,13,17,19-20H2,1-6H3,(H,39,40,44). The second kappa shape index (κ2) is 13.8. The van der Waals surface area contributed by atoms with Crippen LogP contribution in [0.15, 0.2) is 59.0 Å². The lowest BCUT2D eigenvalue weighted by Gasteiger charge is -2.30. The van der Waals surface area contributed by atoms with Crippen LogP contribution < -0.4 is 10.6 Å². The molecule has 1 aliphatic rings. The molecule has 0 aliphatic carbocycles. The van der Waals surface area contributed by atoms with Gasteiger partial charge in [-0.1, -0.05) is 53.7 Å². The van der Waals surface area contributed by atoms with Crippen molar-refractivity contribution in [2.24, 2.45) is 10.8 Å². The van der Waals surface area contributed by atoms with Crippen LogP contribution in [0.5, 0.6) is 0 Å². The van der Waals surface area contributed by atoms with Gasteiger partial charge < -0.3 is 24.3 Å². The van der Waals surface area contributed by atoms with E-state index in [1.807, 2.05) is 49.6 Å².